The molecular formula is C20H21N7O4. The van der Waals surface area contributed by atoms with Crippen LogP contribution in [0.4, 0.5) is 17.3 Å². The van der Waals surface area contributed by atoms with E-state index in [1.807, 2.05) is 5.32 Å². The Balaban J connectivity index is 1.72. The molecule has 3 N–H and O–H groups in total. The minimum Gasteiger partial charge on any atom is -0.492 e. The predicted molar refractivity (Wildman–Crippen MR) is 111 cm³/mol. The zero-order valence-electron chi connectivity index (χ0n) is 19.7. The van der Waals surface area contributed by atoms with Gasteiger partial charge in [0.1, 0.15) is 5.82 Å². The summed E-state index contributed by atoms with van der Waals surface area (Å²) in [5.74, 6) is 0.135. The molecule has 11 nitrogen and oxygen atoms in total. The maximum atomic E-state index is 12.6. The number of rotatable bonds is 7. The summed E-state index contributed by atoms with van der Waals surface area (Å²) < 4.78 is 32.5. The van der Waals surface area contributed by atoms with Gasteiger partial charge in [0.15, 0.2) is 11.6 Å². The molecule has 3 aromatic rings. The number of carbonyl (C=O) groups excluding carboxylic acids is 2. The Hall–Kier alpha value is -4.02. The third-order valence-corrected chi connectivity index (χ3v) is 4.59. The average Bonchev–Trinajstić information content (AvgIpc) is 3.53. The van der Waals surface area contributed by atoms with E-state index in [2.05, 4.69) is 30.7 Å². The second-order valence-corrected chi connectivity index (χ2v) is 6.84. The topological polar surface area (TPSA) is 144 Å². The first kappa shape index (κ1) is 16.7. The number of nitrogens with zero attached hydrogens (tertiary/aromatic N) is 4. The van der Waals surface area contributed by atoms with Gasteiger partial charge in [-0.3, -0.25) is 9.59 Å². The van der Waals surface area contributed by atoms with Crippen LogP contribution < -0.4 is 20.7 Å². The molecule has 1 aliphatic rings. The fourth-order valence-electron chi connectivity index (χ4n) is 2.91. The molecule has 0 aliphatic heterocycles. The summed E-state index contributed by atoms with van der Waals surface area (Å²) in [5.41, 5.74) is 0.543. The van der Waals surface area contributed by atoms with E-state index >= 15 is 0 Å². The summed E-state index contributed by atoms with van der Waals surface area (Å²) in [4.78, 5) is 37.4. The molecule has 0 atom stereocenters. The molecule has 1 aliphatic carbocycles. The van der Waals surface area contributed by atoms with Crippen LogP contribution >= 0.6 is 0 Å². The van der Waals surface area contributed by atoms with Crippen LogP contribution in [0.3, 0.4) is 0 Å². The monoisotopic (exact) mass is 426 g/mol. The fraction of sp³-hybridized carbons (Fsp3) is 0.300. The molecule has 11 heteroatoms. The van der Waals surface area contributed by atoms with Gasteiger partial charge in [0.05, 0.1) is 23.9 Å². The highest BCUT2D eigenvalue weighted by Crippen LogP contribution is 2.36. The Bertz CT molecular complexity index is 1240. The van der Waals surface area contributed by atoms with E-state index < -0.39 is 12.9 Å². The van der Waals surface area contributed by atoms with Crippen molar-refractivity contribution in [2.24, 2.45) is 5.92 Å². The number of methoxy groups -OCH3 is 1. The minimum absolute atomic E-state index is 0.0615. The lowest BCUT2D eigenvalue weighted by atomic mass is 10.2. The van der Waals surface area contributed by atoms with Crippen molar-refractivity contribution in [2.75, 3.05) is 24.7 Å². The van der Waals surface area contributed by atoms with Crippen LogP contribution in [-0.4, -0.2) is 46.0 Å². The highest BCUT2D eigenvalue weighted by atomic mass is 16.5. The van der Waals surface area contributed by atoms with Crippen LogP contribution in [0.2, 0.25) is 0 Å². The second-order valence-electron chi connectivity index (χ2n) is 6.84. The van der Waals surface area contributed by atoms with Crippen molar-refractivity contribution >= 4 is 29.1 Å². The van der Waals surface area contributed by atoms with Crippen LogP contribution in [0, 0.1) is 12.8 Å². The largest absolute Gasteiger partial charge is 0.492 e. The highest BCUT2D eigenvalue weighted by molar-refractivity contribution is 6.01. The highest BCUT2D eigenvalue weighted by Gasteiger charge is 2.30. The Morgan fingerprint density at radius 3 is 2.84 bits per heavy atom. The van der Waals surface area contributed by atoms with Gasteiger partial charge in [0.2, 0.25) is 17.6 Å². The Kier molecular flexibility index (Phi) is 4.53. The maximum Gasteiger partial charge on any atom is 0.254 e. The summed E-state index contributed by atoms with van der Waals surface area (Å²) in [6.07, 6.45) is 4.26. The lowest BCUT2D eigenvalue weighted by Gasteiger charge is -2.15. The van der Waals surface area contributed by atoms with Crippen molar-refractivity contribution < 1.29 is 23.0 Å². The molecule has 160 valence electrons. The van der Waals surface area contributed by atoms with Crippen molar-refractivity contribution in [3.8, 4) is 17.1 Å². The second kappa shape index (κ2) is 8.38. The number of amides is 2. The number of anilines is 3. The molecule has 0 radical (unpaired) electrons. The molecule has 0 unspecified atom stereocenters. The van der Waals surface area contributed by atoms with Crippen LogP contribution in [0.25, 0.3) is 11.4 Å². The smallest absolute Gasteiger partial charge is 0.254 e. The summed E-state index contributed by atoms with van der Waals surface area (Å²) in [5, 5.41) is 11.5. The zero-order valence-corrected chi connectivity index (χ0v) is 16.7. The molecule has 1 saturated carbocycles. The summed E-state index contributed by atoms with van der Waals surface area (Å²) in [6, 6.07) is 3.05. The Morgan fingerprint density at radius 2 is 2.16 bits per heavy atom. The lowest BCUT2D eigenvalue weighted by molar-refractivity contribution is -0.117. The van der Waals surface area contributed by atoms with Gasteiger partial charge in [0.25, 0.3) is 5.91 Å². The van der Waals surface area contributed by atoms with E-state index in [1.165, 1.54) is 25.6 Å². The quantitative estimate of drug-likeness (QED) is 0.518. The number of hydrogen-bond acceptors (Lipinski definition) is 9. The first-order chi connectivity index (χ1) is 16.1. The van der Waals surface area contributed by atoms with Crippen molar-refractivity contribution in [3.05, 3.63) is 36.0 Å². The van der Waals surface area contributed by atoms with Crippen LogP contribution in [0.1, 0.15) is 33.2 Å². The Morgan fingerprint density at radius 1 is 1.32 bits per heavy atom. The number of hydrogen-bond donors (Lipinski definition) is 3. The lowest BCUT2D eigenvalue weighted by Crippen LogP contribution is -2.20. The fourth-order valence-corrected chi connectivity index (χ4v) is 2.91. The molecule has 1 fully saturated rings. The number of aryl methyl sites for hydroxylation is 1. The van der Waals surface area contributed by atoms with Gasteiger partial charge in [-0.05, 0) is 18.9 Å². The third kappa shape index (κ3) is 4.29. The number of nitrogens with one attached hydrogen (secondary N) is 3. The van der Waals surface area contributed by atoms with Gasteiger partial charge in [-0.25, -0.2) is 9.97 Å². The molecule has 31 heavy (non-hydrogen) atoms. The molecule has 0 spiro atoms. The van der Waals surface area contributed by atoms with E-state index in [0.717, 1.165) is 12.8 Å². The molecule has 3 heterocycles. The first-order valence-electron chi connectivity index (χ1n) is 10.9. The molecule has 0 saturated heterocycles. The van der Waals surface area contributed by atoms with Gasteiger partial charge in [0, 0.05) is 42.4 Å². The molecular weight excluding hydrogens is 402 g/mol. The van der Waals surface area contributed by atoms with Crippen LogP contribution in [-0.2, 0) is 4.79 Å². The summed E-state index contributed by atoms with van der Waals surface area (Å²) in [6.45, 7) is -1.06. The zero-order chi connectivity index (χ0) is 24.5. The molecule has 0 aromatic carbocycles. The molecule has 0 bridgehead atoms. The van der Waals surface area contributed by atoms with E-state index in [-0.39, 0.29) is 46.3 Å². The van der Waals surface area contributed by atoms with Crippen molar-refractivity contribution in [2.45, 2.75) is 19.8 Å². The van der Waals surface area contributed by atoms with E-state index in [1.54, 1.807) is 13.0 Å². The van der Waals surface area contributed by atoms with Crippen LogP contribution in [0.5, 0.6) is 5.75 Å². The summed E-state index contributed by atoms with van der Waals surface area (Å²) >= 11 is 0. The Labute approximate surface area is 181 Å². The first-order valence-corrected chi connectivity index (χ1v) is 9.38. The SMILES string of the molecule is [2H]C([2H])([2H])NC(=O)c1cnc(NC(=O)C2CC2)cc1Nc1nccc(-c2noc(C)n2)c1OC. The predicted octanol–water partition coefficient (Wildman–Crippen LogP) is 2.30. The van der Waals surface area contributed by atoms with Crippen molar-refractivity contribution in [1.82, 2.24) is 25.4 Å². The van der Waals surface area contributed by atoms with Gasteiger partial charge < -0.3 is 25.2 Å². The number of pyridine rings is 2. The van der Waals surface area contributed by atoms with Gasteiger partial charge in [-0.15, -0.1) is 0 Å². The van der Waals surface area contributed by atoms with E-state index in [9.17, 15) is 9.59 Å². The summed E-state index contributed by atoms with van der Waals surface area (Å²) in [7, 11) is 1.43. The number of ether oxygens (including phenoxy) is 1. The van der Waals surface area contributed by atoms with Crippen LogP contribution in [0.15, 0.2) is 29.0 Å². The average molecular weight is 426 g/mol. The van der Waals surface area contributed by atoms with E-state index in [0.29, 0.717) is 11.5 Å². The molecule has 4 rings (SSSR count). The normalized spacial score (nSPS) is 14.7. The molecule has 3 aromatic heterocycles. The van der Waals surface area contributed by atoms with Gasteiger partial charge in [-0.1, -0.05) is 5.16 Å². The van der Waals surface area contributed by atoms with Gasteiger partial charge >= 0.3 is 0 Å². The third-order valence-electron chi connectivity index (χ3n) is 4.59. The number of carbonyl (C=O) groups is 2. The van der Waals surface area contributed by atoms with Gasteiger partial charge in [-0.2, -0.15) is 4.98 Å². The minimum atomic E-state index is -2.71. The molecule has 2 amide bonds. The van der Waals surface area contributed by atoms with Crippen molar-refractivity contribution in [3.63, 3.8) is 0 Å². The van der Waals surface area contributed by atoms with Crippen molar-refractivity contribution in [1.29, 1.82) is 0 Å². The maximum absolute atomic E-state index is 12.6. The standard InChI is InChI=1S/C20H21N7O4/c1-10-24-17(27-31-10)12-6-7-22-18(16(12)30-3)25-14-8-15(26-19(28)11-4-5-11)23-9-13(14)20(29)21-2/h6-9,11H,4-5H2,1-3H3,(H,21,29)(H2,22,23,25,26,28)/i2D3. The van der Waals surface area contributed by atoms with E-state index in [4.69, 9.17) is 13.4 Å². The number of aromatic nitrogens is 4.